The smallest absolute Gasteiger partial charge is 0.319 e. The number of urea groups is 1. The molecule has 0 saturated carbocycles. The predicted octanol–water partition coefficient (Wildman–Crippen LogP) is 5.02. The Morgan fingerprint density at radius 1 is 1.15 bits per heavy atom. The number of benzene rings is 2. The van der Waals surface area contributed by atoms with Gasteiger partial charge in [0.2, 0.25) is 0 Å². The molecule has 2 aromatic rings. The molecule has 1 heterocycles. The minimum absolute atomic E-state index is 0.295. The van der Waals surface area contributed by atoms with E-state index in [4.69, 9.17) is 23.2 Å². The third-order valence-electron chi connectivity index (χ3n) is 3.91. The Morgan fingerprint density at radius 3 is 2.54 bits per heavy atom. The van der Waals surface area contributed by atoms with Crippen molar-refractivity contribution in [1.82, 2.24) is 10.6 Å². The van der Waals surface area contributed by atoms with Gasteiger partial charge < -0.3 is 16.0 Å². The number of nitrogens with one attached hydrogen (secondary N) is 3. The second-order valence-electron chi connectivity index (χ2n) is 5.67. The number of carbonyl (C=O) groups excluding carboxylic acids is 2. The molecule has 0 bridgehead atoms. The molecule has 3 amide bonds. The van der Waals surface area contributed by atoms with E-state index in [2.05, 4.69) is 31.9 Å². The SMILES string of the molecule is CC1=C(C(=O)Nc2ccc(Br)cc2)[C@H](c2cccc(Cl)c2Cl)NC(=O)N1. The quantitative estimate of drug-likeness (QED) is 0.609. The number of amides is 3. The van der Waals surface area contributed by atoms with Gasteiger partial charge in [0.15, 0.2) is 0 Å². The van der Waals surface area contributed by atoms with Gasteiger partial charge in [-0.15, -0.1) is 0 Å². The molecule has 0 fully saturated rings. The molecular weight excluding hydrogens is 441 g/mol. The van der Waals surface area contributed by atoms with Crippen molar-refractivity contribution in [3.63, 3.8) is 0 Å². The monoisotopic (exact) mass is 453 g/mol. The van der Waals surface area contributed by atoms with Crippen molar-refractivity contribution in [3.8, 4) is 0 Å². The number of allylic oxidation sites excluding steroid dienone is 1. The van der Waals surface area contributed by atoms with Gasteiger partial charge in [-0.05, 0) is 42.8 Å². The Balaban J connectivity index is 1.99. The number of carbonyl (C=O) groups is 2. The van der Waals surface area contributed by atoms with Crippen molar-refractivity contribution in [2.75, 3.05) is 5.32 Å². The topological polar surface area (TPSA) is 70.2 Å². The highest BCUT2D eigenvalue weighted by molar-refractivity contribution is 9.10. The van der Waals surface area contributed by atoms with Crippen LogP contribution in [0.5, 0.6) is 0 Å². The lowest BCUT2D eigenvalue weighted by Gasteiger charge is -2.29. The maximum atomic E-state index is 12.9. The van der Waals surface area contributed by atoms with Gasteiger partial charge in [0.25, 0.3) is 5.91 Å². The van der Waals surface area contributed by atoms with Crippen LogP contribution in [0.4, 0.5) is 10.5 Å². The fourth-order valence-electron chi connectivity index (χ4n) is 2.70. The van der Waals surface area contributed by atoms with Gasteiger partial charge in [0.05, 0.1) is 21.7 Å². The van der Waals surface area contributed by atoms with Crippen molar-refractivity contribution in [3.05, 3.63) is 73.8 Å². The fourth-order valence-corrected chi connectivity index (χ4v) is 3.38. The van der Waals surface area contributed by atoms with Gasteiger partial charge in [0.1, 0.15) is 0 Å². The molecule has 1 aliphatic heterocycles. The summed E-state index contributed by atoms with van der Waals surface area (Å²) < 4.78 is 0.904. The summed E-state index contributed by atoms with van der Waals surface area (Å²) in [7, 11) is 0. The molecule has 0 unspecified atom stereocenters. The molecule has 3 rings (SSSR count). The van der Waals surface area contributed by atoms with E-state index in [1.807, 2.05) is 12.1 Å². The predicted molar refractivity (Wildman–Crippen MR) is 106 cm³/mol. The molecule has 8 heteroatoms. The number of hydrogen-bond acceptors (Lipinski definition) is 2. The second kappa shape index (κ2) is 7.70. The third kappa shape index (κ3) is 3.87. The van der Waals surface area contributed by atoms with E-state index in [1.165, 1.54) is 0 Å². The minimum atomic E-state index is -0.717. The lowest BCUT2D eigenvalue weighted by Crippen LogP contribution is -2.46. The van der Waals surface area contributed by atoms with E-state index in [9.17, 15) is 9.59 Å². The fraction of sp³-hybridized carbons (Fsp3) is 0.111. The number of rotatable bonds is 3. The minimum Gasteiger partial charge on any atom is -0.327 e. The number of hydrogen-bond donors (Lipinski definition) is 3. The highest BCUT2D eigenvalue weighted by Crippen LogP contribution is 2.35. The van der Waals surface area contributed by atoms with Crippen LogP contribution >= 0.6 is 39.1 Å². The lowest BCUT2D eigenvalue weighted by atomic mass is 9.94. The zero-order valence-corrected chi connectivity index (χ0v) is 16.7. The van der Waals surface area contributed by atoms with E-state index >= 15 is 0 Å². The molecule has 0 saturated heterocycles. The third-order valence-corrected chi connectivity index (χ3v) is 5.27. The summed E-state index contributed by atoms with van der Waals surface area (Å²) in [5.74, 6) is -0.349. The van der Waals surface area contributed by atoms with Crippen LogP contribution in [-0.2, 0) is 4.79 Å². The molecule has 0 aliphatic carbocycles. The van der Waals surface area contributed by atoms with Gasteiger partial charge in [-0.25, -0.2) is 4.79 Å². The van der Waals surface area contributed by atoms with E-state index in [1.54, 1.807) is 37.3 Å². The summed E-state index contributed by atoms with van der Waals surface area (Å²) >= 11 is 15.8. The summed E-state index contributed by atoms with van der Waals surface area (Å²) in [6.45, 7) is 1.67. The molecule has 1 atom stereocenters. The first-order chi connectivity index (χ1) is 12.4. The second-order valence-corrected chi connectivity index (χ2v) is 7.38. The average Bonchev–Trinajstić information content (AvgIpc) is 2.58. The van der Waals surface area contributed by atoms with Crippen LogP contribution < -0.4 is 16.0 Å². The molecule has 5 nitrogen and oxygen atoms in total. The standard InChI is InChI=1S/C18H14BrCl2N3O2/c1-9-14(17(25)23-11-7-5-10(19)6-8-11)16(24-18(26)22-9)12-3-2-4-13(20)15(12)21/h2-8,16H,1H3,(H,23,25)(H2,22,24,26)/t16-/m0/s1. The summed E-state index contributed by atoms with van der Waals surface area (Å²) in [6, 6.07) is 11.2. The van der Waals surface area contributed by atoms with Gasteiger partial charge in [0, 0.05) is 15.9 Å². The zero-order valence-electron chi connectivity index (χ0n) is 13.6. The molecule has 2 aromatic carbocycles. The maximum absolute atomic E-state index is 12.9. The molecule has 0 radical (unpaired) electrons. The van der Waals surface area contributed by atoms with Gasteiger partial charge in [-0.3, -0.25) is 4.79 Å². The Morgan fingerprint density at radius 2 is 1.85 bits per heavy atom. The summed E-state index contributed by atoms with van der Waals surface area (Å²) in [6.07, 6.45) is 0. The van der Waals surface area contributed by atoms with E-state index in [-0.39, 0.29) is 5.91 Å². The van der Waals surface area contributed by atoms with Gasteiger partial charge in [-0.1, -0.05) is 51.3 Å². The van der Waals surface area contributed by atoms with Crippen LogP contribution in [0.15, 0.2) is 58.2 Å². The first kappa shape index (κ1) is 18.8. The normalized spacial score (nSPS) is 16.8. The van der Waals surface area contributed by atoms with Crippen LogP contribution in [0.1, 0.15) is 18.5 Å². The van der Waals surface area contributed by atoms with Crippen molar-refractivity contribution in [1.29, 1.82) is 0 Å². The highest BCUT2D eigenvalue weighted by Gasteiger charge is 2.32. The van der Waals surface area contributed by atoms with Crippen LogP contribution in [0, 0.1) is 0 Å². The first-order valence-corrected chi connectivity index (χ1v) is 9.21. The number of halogens is 3. The Hall–Kier alpha value is -2.02. The lowest BCUT2D eigenvalue weighted by molar-refractivity contribution is -0.113. The summed E-state index contributed by atoms with van der Waals surface area (Å²) in [4.78, 5) is 24.8. The van der Waals surface area contributed by atoms with Crippen LogP contribution in [0.3, 0.4) is 0 Å². The summed E-state index contributed by atoms with van der Waals surface area (Å²) in [5.41, 5.74) is 1.99. The molecule has 0 aromatic heterocycles. The van der Waals surface area contributed by atoms with E-state index < -0.39 is 12.1 Å². The Kier molecular flexibility index (Phi) is 5.55. The van der Waals surface area contributed by atoms with Crippen molar-refractivity contribution < 1.29 is 9.59 Å². The molecule has 3 N–H and O–H groups in total. The molecule has 134 valence electrons. The molecular formula is C18H14BrCl2N3O2. The van der Waals surface area contributed by atoms with Gasteiger partial charge in [-0.2, -0.15) is 0 Å². The zero-order chi connectivity index (χ0) is 18.8. The van der Waals surface area contributed by atoms with Gasteiger partial charge >= 0.3 is 6.03 Å². The maximum Gasteiger partial charge on any atom is 0.319 e. The Bertz CT molecular complexity index is 913. The van der Waals surface area contributed by atoms with E-state index in [0.29, 0.717) is 32.6 Å². The van der Waals surface area contributed by atoms with Crippen molar-refractivity contribution >= 4 is 56.8 Å². The van der Waals surface area contributed by atoms with Crippen LogP contribution in [-0.4, -0.2) is 11.9 Å². The highest BCUT2D eigenvalue weighted by atomic mass is 79.9. The molecule has 1 aliphatic rings. The first-order valence-electron chi connectivity index (χ1n) is 7.66. The van der Waals surface area contributed by atoms with E-state index in [0.717, 1.165) is 4.47 Å². The average molecular weight is 455 g/mol. The van der Waals surface area contributed by atoms with Crippen LogP contribution in [0.25, 0.3) is 0 Å². The Labute approximate surface area is 168 Å². The van der Waals surface area contributed by atoms with Crippen LogP contribution in [0.2, 0.25) is 10.0 Å². The molecule has 0 spiro atoms. The van der Waals surface area contributed by atoms with Crippen molar-refractivity contribution in [2.24, 2.45) is 0 Å². The molecule has 26 heavy (non-hydrogen) atoms. The summed E-state index contributed by atoms with van der Waals surface area (Å²) in [5, 5.41) is 8.84. The van der Waals surface area contributed by atoms with Crippen molar-refractivity contribution in [2.45, 2.75) is 13.0 Å². The largest absolute Gasteiger partial charge is 0.327 e. The number of anilines is 1.